The highest BCUT2D eigenvalue weighted by molar-refractivity contribution is 5.91. The summed E-state index contributed by atoms with van der Waals surface area (Å²) in [6.07, 6.45) is 7.63. The van der Waals surface area contributed by atoms with Crippen molar-refractivity contribution in [2.45, 2.75) is 13.0 Å². The van der Waals surface area contributed by atoms with Crippen molar-refractivity contribution in [3.05, 3.63) is 65.8 Å². The fourth-order valence-corrected chi connectivity index (χ4v) is 2.29. The largest absolute Gasteiger partial charge is 0.334 e. The van der Waals surface area contributed by atoms with E-state index in [4.69, 9.17) is 0 Å². The number of aromatic nitrogens is 2. The molecule has 0 bridgehead atoms. The number of carbonyl (C=O) groups is 1. The van der Waals surface area contributed by atoms with E-state index in [1.807, 2.05) is 41.3 Å². The lowest BCUT2D eigenvalue weighted by Crippen LogP contribution is -2.35. The lowest BCUT2D eigenvalue weighted by atomic mass is 10.1. The van der Waals surface area contributed by atoms with E-state index in [2.05, 4.69) is 9.97 Å². The molecule has 0 aliphatic carbocycles. The van der Waals surface area contributed by atoms with Crippen LogP contribution in [0.3, 0.4) is 0 Å². The van der Waals surface area contributed by atoms with Crippen LogP contribution in [0.15, 0.2) is 48.9 Å². The zero-order valence-corrected chi connectivity index (χ0v) is 11.1. The van der Waals surface area contributed by atoms with Gasteiger partial charge in [0.25, 0.3) is 0 Å². The maximum absolute atomic E-state index is 12.2. The van der Waals surface area contributed by atoms with Crippen LogP contribution in [0.4, 0.5) is 0 Å². The van der Waals surface area contributed by atoms with Crippen molar-refractivity contribution >= 4 is 12.0 Å². The SMILES string of the molecule is O=C(C=Cc1ccccc1)N1CCc2ncncc2C1. The average Bonchev–Trinajstić information content (AvgIpc) is 2.53. The van der Waals surface area contributed by atoms with Gasteiger partial charge in [0.2, 0.25) is 5.91 Å². The molecule has 2 heterocycles. The monoisotopic (exact) mass is 265 g/mol. The average molecular weight is 265 g/mol. The minimum atomic E-state index is 0.0309. The van der Waals surface area contributed by atoms with Crippen molar-refractivity contribution in [2.75, 3.05) is 6.54 Å². The van der Waals surface area contributed by atoms with E-state index in [0.717, 1.165) is 23.2 Å². The number of rotatable bonds is 2. The molecule has 0 atom stereocenters. The van der Waals surface area contributed by atoms with Crippen LogP contribution in [0.2, 0.25) is 0 Å². The van der Waals surface area contributed by atoms with Gasteiger partial charge in [0.15, 0.2) is 0 Å². The number of hydrogen-bond donors (Lipinski definition) is 0. The van der Waals surface area contributed by atoms with Gasteiger partial charge >= 0.3 is 0 Å². The van der Waals surface area contributed by atoms with Crippen LogP contribution < -0.4 is 0 Å². The quantitative estimate of drug-likeness (QED) is 0.781. The Morgan fingerprint density at radius 1 is 1.25 bits per heavy atom. The molecule has 2 aromatic rings. The molecule has 0 saturated carbocycles. The van der Waals surface area contributed by atoms with E-state index in [-0.39, 0.29) is 5.91 Å². The molecule has 100 valence electrons. The summed E-state index contributed by atoms with van der Waals surface area (Å²) in [5.74, 6) is 0.0309. The summed E-state index contributed by atoms with van der Waals surface area (Å²) in [5.41, 5.74) is 3.12. The Morgan fingerprint density at radius 3 is 2.95 bits per heavy atom. The molecule has 3 rings (SSSR count). The van der Waals surface area contributed by atoms with E-state index in [0.29, 0.717) is 13.1 Å². The van der Waals surface area contributed by atoms with Gasteiger partial charge in [-0.05, 0) is 11.6 Å². The van der Waals surface area contributed by atoms with Crippen molar-refractivity contribution in [3.63, 3.8) is 0 Å². The van der Waals surface area contributed by atoms with E-state index in [1.54, 1.807) is 18.6 Å². The molecule has 1 aliphatic heterocycles. The summed E-state index contributed by atoms with van der Waals surface area (Å²) in [4.78, 5) is 22.3. The Bertz CT molecular complexity index is 637. The second-order valence-corrected chi connectivity index (χ2v) is 4.75. The molecule has 1 amide bonds. The molecule has 0 fully saturated rings. The first-order valence-corrected chi connectivity index (χ1v) is 6.63. The minimum absolute atomic E-state index is 0.0309. The third kappa shape index (κ3) is 2.74. The lowest BCUT2D eigenvalue weighted by Gasteiger charge is -2.26. The highest BCUT2D eigenvalue weighted by Gasteiger charge is 2.19. The summed E-state index contributed by atoms with van der Waals surface area (Å²) < 4.78 is 0. The molecular formula is C16H15N3O. The molecule has 1 aromatic heterocycles. The highest BCUT2D eigenvalue weighted by atomic mass is 16.2. The lowest BCUT2D eigenvalue weighted by molar-refractivity contribution is -0.126. The topological polar surface area (TPSA) is 46.1 Å². The minimum Gasteiger partial charge on any atom is -0.334 e. The van der Waals surface area contributed by atoms with Crippen LogP contribution in [0, 0.1) is 0 Å². The van der Waals surface area contributed by atoms with Crippen molar-refractivity contribution in [1.82, 2.24) is 14.9 Å². The van der Waals surface area contributed by atoms with Gasteiger partial charge < -0.3 is 4.90 Å². The normalized spacial score (nSPS) is 14.3. The van der Waals surface area contributed by atoms with Gasteiger partial charge in [0.1, 0.15) is 6.33 Å². The third-order valence-corrected chi connectivity index (χ3v) is 3.39. The molecule has 0 radical (unpaired) electrons. The molecule has 1 aliphatic rings. The van der Waals surface area contributed by atoms with Gasteiger partial charge in [-0.1, -0.05) is 30.3 Å². The van der Waals surface area contributed by atoms with E-state index >= 15 is 0 Å². The highest BCUT2D eigenvalue weighted by Crippen LogP contribution is 2.15. The molecule has 0 spiro atoms. The fraction of sp³-hybridized carbons (Fsp3) is 0.188. The van der Waals surface area contributed by atoms with Gasteiger partial charge in [-0.25, -0.2) is 9.97 Å². The Kier molecular flexibility index (Phi) is 3.54. The standard InChI is InChI=1S/C16H15N3O/c20-16(7-6-13-4-2-1-3-5-13)19-9-8-15-14(11-19)10-17-12-18-15/h1-7,10,12H,8-9,11H2. The van der Waals surface area contributed by atoms with Crippen LogP contribution in [0.1, 0.15) is 16.8 Å². The van der Waals surface area contributed by atoms with Crippen LogP contribution in [-0.2, 0) is 17.8 Å². The first-order chi connectivity index (χ1) is 9.83. The number of hydrogen-bond acceptors (Lipinski definition) is 3. The van der Waals surface area contributed by atoms with Crippen molar-refractivity contribution in [1.29, 1.82) is 0 Å². The van der Waals surface area contributed by atoms with Crippen LogP contribution in [-0.4, -0.2) is 27.3 Å². The fourth-order valence-electron chi connectivity index (χ4n) is 2.29. The second kappa shape index (κ2) is 5.65. The van der Waals surface area contributed by atoms with Gasteiger partial charge in [0, 0.05) is 37.3 Å². The summed E-state index contributed by atoms with van der Waals surface area (Å²) in [6.45, 7) is 1.30. The molecular weight excluding hydrogens is 250 g/mol. The molecule has 0 N–H and O–H groups in total. The molecule has 0 saturated heterocycles. The maximum atomic E-state index is 12.2. The number of amides is 1. The Labute approximate surface area is 117 Å². The van der Waals surface area contributed by atoms with Gasteiger partial charge in [-0.3, -0.25) is 4.79 Å². The number of benzene rings is 1. The summed E-state index contributed by atoms with van der Waals surface area (Å²) in [6, 6.07) is 9.82. The van der Waals surface area contributed by atoms with E-state index in [9.17, 15) is 4.79 Å². The van der Waals surface area contributed by atoms with Crippen LogP contribution >= 0.6 is 0 Å². The van der Waals surface area contributed by atoms with E-state index < -0.39 is 0 Å². The van der Waals surface area contributed by atoms with Gasteiger partial charge in [-0.2, -0.15) is 0 Å². The van der Waals surface area contributed by atoms with Gasteiger partial charge in [-0.15, -0.1) is 0 Å². The van der Waals surface area contributed by atoms with Crippen LogP contribution in [0.5, 0.6) is 0 Å². The zero-order valence-electron chi connectivity index (χ0n) is 11.1. The first-order valence-electron chi connectivity index (χ1n) is 6.63. The van der Waals surface area contributed by atoms with Crippen molar-refractivity contribution in [2.24, 2.45) is 0 Å². The molecule has 4 nitrogen and oxygen atoms in total. The Morgan fingerprint density at radius 2 is 2.10 bits per heavy atom. The molecule has 20 heavy (non-hydrogen) atoms. The van der Waals surface area contributed by atoms with Crippen molar-refractivity contribution < 1.29 is 4.79 Å². The predicted molar refractivity (Wildman–Crippen MR) is 76.6 cm³/mol. The second-order valence-electron chi connectivity index (χ2n) is 4.75. The number of nitrogens with zero attached hydrogens (tertiary/aromatic N) is 3. The first kappa shape index (κ1) is 12.5. The molecule has 0 unspecified atom stereocenters. The van der Waals surface area contributed by atoms with E-state index in [1.165, 1.54) is 0 Å². The summed E-state index contributed by atoms with van der Waals surface area (Å²) in [7, 11) is 0. The molecule has 4 heteroatoms. The maximum Gasteiger partial charge on any atom is 0.246 e. The summed E-state index contributed by atoms with van der Waals surface area (Å²) in [5, 5.41) is 0. The predicted octanol–water partition coefficient (Wildman–Crippen LogP) is 2.07. The number of carbonyl (C=O) groups excluding carboxylic acids is 1. The third-order valence-electron chi connectivity index (χ3n) is 3.39. The number of fused-ring (bicyclic) bond motifs is 1. The summed E-state index contributed by atoms with van der Waals surface area (Å²) >= 11 is 0. The van der Waals surface area contributed by atoms with Gasteiger partial charge in [0.05, 0.1) is 5.69 Å². The van der Waals surface area contributed by atoms with Crippen LogP contribution in [0.25, 0.3) is 6.08 Å². The Balaban J connectivity index is 1.69. The van der Waals surface area contributed by atoms with Crippen molar-refractivity contribution in [3.8, 4) is 0 Å². The Hall–Kier alpha value is -2.49. The molecule has 1 aromatic carbocycles. The smallest absolute Gasteiger partial charge is 0.246 e. The zero-order chi connectivity index (χ0) is 13.8.